The molecule has 1 N–H and O–H groups in total. The van der Waals surface area contributed by atoms with Crippen LogP contribution < -0.4 is 5.32 Å². The fourth-order valence-electron chi connectivity index (χ4n) is 3.53. The molecule has 1 amide bonds. The number of nitrogens with one attached hydrogen (secondary N) is 1. The number of hydrogen-bond donors (Lipinski definition) is 1. The molecule has 0 saturated carbocycles. The summed E-state index contributed by atoms with van der Waals surface area (Å²) in [6.07, 6.45) is 0. The molecule has 0 fully saturated rings. The minimum absolute atomic E-state index is 0.0587. The van der Waals surface area contributed by atoms with Gasteiger partial charge in [0.25, 0.3) is 0 Å². The van der Waals surface area contributed by atoms with E-state index in [1.54, 1.807) is 0 Å². The molecule has 0 radical (unpaired) electrons. The minimum Gasteiger partial charge on any atom is -0.324 e. The highest BCUT2D eigenvalue weighted by Gasteiger charge is 2.19. The second kappa shape index (κ2) is 10.6. The predicted molar refractivity (Wildman–Crippen MR) is 149 cm³/mol. The minimum atomic E-state index is -0.124. The largest absolute Gasteiger partial charge is 0.324 e. The number of carbonyl (C=O) groups excluding carboxylic acids is 1. The van der Waals surface area contributed by atoms with Gasteiger partial charge in [0.1, 0.15) is 0 Å². The smallest absolute Gasteiger partial charge is 0.234 e. The fraction of sp³-hybridized carbons (Fsp3) is 0.222. The van der Waals surface area contributed by atoms with Gasteiger partial charge in [0.15, 0.2) is 11.0 Å². The molecule has 0 atom stereocenters. The number of aromatic nitrogens is 3. The standard InChI is InChI=1S/C27H26BrClN4OS/c1-17-5-14-23(22(28)15-17)30-24(34)16-35-26-32-31-25(33(26)21-12-10-20(29)11-13-21)18-6-8-19(9-7-18)27(2,3)4/h5-15H,16H2,1-4H3,(H,30,34). The molecule has 4 aromatic rings. The van der Waals surface area contributed by atoms with Crippen molar-refractivity contribution < 1.29 is 4.79 Å². The molecule has 0 spiro atoms. The van der Waals surface area contributed by atoms with Crippen molar-refractivity contribution in [2.75, 3.05) is 11.1 Å². The topological polar surface area (TPSA) is 59.8 Å². The number of hydrogen-bond acceptors (Lipinski definition) is 4. The van der Waals surface area contributed by atoms with E-state index in [4.69, 9.17) is 11.6 Å². The van der Waals surface area contributed by atoms with E-state index in [0.717, 1.165) is 27.0 Å². The molecule has 0 aliphatic heterocycles. The Morgan fingerprint density at radius 2 is 1.71 bits per heavy atom. The molecule has 1 aromatic heterocycles. The second-order valence-corrected chi connectivity index (χ2v) is 11.5. The van der Waals surface area contributed by atoms with E-state index >= 15 is 0 Å². The summed E-state index contributed by atoms with van der Waals surface area (Å²) in [5.41, 5.74) is 4.97. The van der Waals surface area contributed by atoms with E-state index in [1.807, 2.05) is 54.0 Å². The normalized spacial score (nSPS) is 11.5. The first-order chi connectivity index (χ1) is 16.6. The molecule has 5 nitrogen and oxygen atoms in total. The van der Waals surface area contributed by atoms with E-state index in [2.05, 4.69) is 76.5 Å². The van der Waals surface area contributed by atoms with E-state index in [9.17, 15) is 4.79 Å². The quantitative estimate of drug-likeness (QED) is 0.242. The van der Waals surface area contributed by atoms with Crippen LogP contribution in [0.5, 0.6) is 0 Å². The molecular formula is C27H26BrClN4OS. The highest BCUT2D eigenvalue weighted by molar-refractivity contribution is 9.10. The molecule has 3 aromatic carbocycles. The summed E-state index contributed by atoms with van der Waals surface area (Å²) < 4.78 is 2.81. The average Bonchev–Trinajstić information content (AvgIpc) is 3.23. The van der Waals surface area contributed by atoms with Crippen LogP contribution in [0.4, 0.5) is 5.69 Å². The van der Waals surface area contributed by atoms with Gasteiger partial charge in [0, 0.05) is 20.7 Å². The molecule has 0 aliphatic rings. The van der Waals surface area contributed by atoms with Crippen LogP contribution in [0, 0.1) is 6.92 Å². The summed E-state index contributed by atoms with van der Waals surface area (Å²) in [5, 5.41) is 13.1. The third-order valence-corrected chi connectivity index (χ3v) is 7.30. The SMILES string of the molecule is Cc1ccc(NC(=O)CSc2nnc(-c3ccc(C(C)(C)C)cc3)n2-c2ccc(Cl)cc2)c(Br)c1. The highest BCUT2D eigenvalue weighted by Crippen LogP contribution is 2.31. The maximum Gasteiger partial charge on any atom is 0.234 e. The maximum atomic E-state index is 12.7. The fourth-order valence-corrected chi connectivity index (χ4v) is 5.00. The van der Waals surface area contributed by atoms with E-state index in [1.165, 1.54) is 17.3 Å². The van der Waals surface area contributed by atoms with E-state index in [0.29, 0.717) is 16.0 Å². The van der Waals surface area contributed by atoms with Crippen molar-refractivity contribution >= 4 is 50.9 Å². The lowest BCUT2D eigenvalue weighted by atomic mass is 9.87. The summed E-state index contributed by atoms with van der Waals surface area (Å²) in [4.78, 5) is 12.7. The lowest BCUT2D eigenvalue weighted by molar-refractivity contribution is -0.113. The first-order valence-electron chi connectivity index (χ1n) is 11.1. The Morgan fingerprint density at radius 3 is 2.34 bits per heavy atom. The van der Waals surface area contributed by atoms with Gasteiger partial charge in [-0.15, -0.1) is 10.2 Å². The van der Waals surface area contributed by atoms with Crippen molar-refractivity contribution in [3.63, 3.8) is 0 Å². The highest BCUT2D eigenvalue weighted by atomic mass is 79.9. The summed E-state index contributed by atoms with van der Waals surface area (Å²) >= 11 is 11.0. The molecule has 0 aliphatic carbocycles. The van der Waals surface area contributed by atoms with Crippen LogP contribution in [0.25, 0.3) is 17.1 Å². The number of carbonyl (C=O) groups is 1. The van der Waals surface area contributed by atoms with Gasteiger partial charge >= 0.3 is 0 Å². The van der Waals surface area contributed by atoms with Gasteiger partial charge in [-0.25, -0.2) is 0 Å². The Hall–Kier alpha value is -2.61. The summed E-state index contributed by atoms with van der Waals surface area (Å²) in [6, 6.07) is 21.7. The summed E-state index contributed by atoms with van der Waals surface area (Å²) in [7, 11) is 0. The number of thioether (sulfide) groups is 1. The van der Waals surface area contributed by atoms with Crippen LogP contribution >= 0.6 is 39.3 Å². The van der Waals surface area contributed by atoms with Crippen molar-refractivity contribution in [1.82, 2.24) is 14.8 Å². The van der Waals surface area contributed by atoms with Gasteiger partial charge in [-0.2, -0.15) is 0 Å². The molecular weight excluding hydrogens is 544 g/mol. The Kier molecular flexibility index (Phi) is 7.69. The first kappa shape index (κ1) is 25.5. The molecule has 0 bridgehead atoms. The number of rotatable bonds is 6. The van der Waals surface area contributed by atoms with Crippen LogP contribution in [-0.4, -0.2) is 26.4 Å². The molecule has 180 valence electrons. The van der Waals surface area contributed by atoms with Gasteiger partial charge in [-0.3, -0.25) is 9.36 Å². The van der Waals surface area contributed by atoms with Gasteiger partial charge in [-0.05, 0) is 75.8 Å². The van der Waals surface area contributed by atoms with Crippen molar-refractivity contribution in [2.24, 2.45) is 0 Å². The molecule has 35 heavy (non-hydrogen) atoms. The zero-order valence-electron chi connectivity index (χ0n) is 20.0. The number of amides is 1. The van der Waals surface area contributed by atoms with Crippen LogP contribution in [0.2, 0.25) is 5.02 Å². The third kappa shape index (κ3) is 6.15. The lowest BCUT2D eigenvalue weighted by Gasteiger charge is -2.19. The molecule has 0 saturated heterocycles. The monoisotopic (exact) mass is 568 g/mol. The van der Waals surface area contributed by atoms with Crippen molar-refractivity contribution in [3.05, 3.63) is 87.4 Å². The van der Waals surface area contributed by atoms with Gasteiger partial charge in [0.05, 0.1) is 11.4 Å². The molecule has 1 heterocycles. The number of nitrogens with zero attached hydrogens (tertiary/aromatic N) is 3. The Morgan fingerprint density at radius 1 is 1.03 bits per heavy atom. The van der Waals surface area contributed by atoms with Gasteiger partial charge in [-0.1, -0.05) is 74.5 Å². The van der Waals surface area contributed by atoms with E-state index in [-0.39, 0.29) is 17.1 Å². The molecule has 4 rings (SSSR count). The van der Waals surface area contributed by atoms with E-state index < -0.39 is 0 Å². The molecule has 8 heteroatoms. The first-order valence-corrected chi connectivity index (χ1v) is 13.3. The predicted octanol–water partition coefficient (Wildman–Crippen LogP) is 7.69. The van der Waals surface area contributed by atoms with Crippen LogP contribution in [0.3, 0.4) is 0 Å². The van der Waals surface area contributed by atoms with Crippen molar-refractivity contribution in [2.45, 2.75) is 38.3 Å². The lowest BCUT2D eigenvalue weighted by Crippen LogP contribution is -2.15. The van der Waals surface area contributed by atoms with Crippen molar-refractivity contribution in [3.8, 4) is 17.1 Å². The zero-order valence-corrected chi connectivity index (χ0v) is 23.1. The van der Waals surface area contributed by atoms with Crippen LogP contribution in [-0.2, 0) is 10.2 Å². The number of halogens is 2. The summed E-state index contributed by atoms with van der Waals surface area (Å²) in [6.45, 7) is 8.57. The van der Waals surface area contributed by atoms with Crippen molar-refractivity contribution in [1.29, 1.82) is 0 Å². The number of aryl methyl sites for hydroxylation is 1. The third-order valence-electron chi connectivity index (χ3n) is 5.46. The number of anilines is 1. The van der Waals surface area contributed by atoms with Crippen LogP contribution in [0.1, 0.15) is 31.9 Å². The Labute approximate surface area is 223 Å². The average molecular weight is 570 g/mol. The maximum absolute atomic E-state index is 12.7. The van der Waals surface area contributed by atoms with Gasteiger partial charge < -0.3 is 5.32 Å². The Bertz CT molecular complexity index is 1350. The Balaban J connectivity index is 1.61. The second-order valence-electron chi connectivity index (χ2n) is 9.27. The zero-order chi connectivity index (χ0) is 25.2. The van der Waals surface area contributed by atoms with Crippen LogP contribution in [0.15, 0.2) is 76.4 Å². The summed E-state index contributed by atoms with van der Waals surface area (Å²) in [5.74, 6) is 0.771. The van der Waals surface area contributed by atoms with Gasteiger partial charge in [0.2, 0.25) is 5.91 Å². The molecule has 0 unspecified atom stereocenters. The number of benzene rings is 3.